The van der Waals surface area contributed by atoms with Crippen LogP contribution in [0.4, 0.5) is 13.2 Å². The summed E-state index contributed by atoms with van der Waals surface area (Å²) < 4.78 is 37.9. The fraction of sp³-hybridized carbons (Fsp3) is 0.800. The number of alkyl halides is 3. The Hall–Kier alpha value is -0.290. The molecule has 1 aliphatic rings. The van der Waals surface area contributed by atoms with Crippen LogP contribution in [-0.4, -0.2) is 19.1 Å². The third kappa shape index (κ3) is 2.53. The second-order valence-electron chi connectivity index (χ2n) is 1.96. The summed E-state index contributed by atoms with van der Waals surface area (Å²) in [6, 6.07) is 0. The summed E-state index contributed by atoms with van der Waals surface area (Å²) in [6.45, 7) is 0.556. The second-order valence-corrected chi connectivity index (χ2v) is 1.96. The van der Waals surface area contributed by atoms with Crippen molar-refractivity contribution >= 4 is 0 Å². The Kier molecular flexibility index (Phi) is 2.15. The molecule has 0 aromatic rings. The molecule has 1 radical (unpaired) electrons. The van der Waals surface area contributed by atoms with Gasteiger partial charge in [0.15, 0.2) is 0 Å². The zero-order valence-electron chi connectivity index (χ0n) is 5.11. The van der Waals surface area contributed by atoms with E-state index in [9.17, 15) is 13.2 Å². The van der Waals surface area contributed by atoms with Gasteiger partial charge in [0.1, 0.15) is 6.23 Å². The highest BCUT2D eigenvalue weighted by Gasteiger charge is 2.34. The van der Waals surface area contributed by atoms with Crippen LogP contribution in [-0.2, 0) is 4.74 Å². The number of hydrogen-bond acceptors (Lipinski definition) is 2. The van der Waals surface area contributed by atoms with Gasteiger partial charge >= 0.3 is 6.36 Å². The highest BCUT2D eigenvalue weighted by molar-refractivity contribution is 4.83. The quantitative estimate of drug-likeness (QED) is 0.609. The Morgan fingerprint density at radius 1 is 1.50 bits per heavy atom. The summed E-state index contributed by atoms with van der Waals surface area (Å²) in [4.78, 5) is 0. The normalized spacial score (nSPS) is 27.3. The first-order chi connectivity index (χ1) is 4.58. The van der Waals surface area contributed by atoms with Gasteiger partial charge in [0, 0.05) is 6.42 Å². The molecule has 1 N–H and O–H groups in total. The molecule has 1 saturated heterocycles. The SMILES string of the molecule is FC(F)(F)OC1[CH]CCN1. The van der Waals surface area contributed by atoms with Gasteiger partial charge < -0.3 is 0 Å². The minimum atomic E-state index is -4.53. The van der Waals surface area contributed by atoms with E-state index >= 15 is 0 Å². The topological polar surface area (TPSA) is 21.3 Å². The van der Waals surface area contributed by atoms with Crippen molar-refractivity contribution in [3.8, 4) is 0 Å². The van der Waals surface area contributed by atoms with Crippen molar-refractivity contribution in [3.63, 3.8) is 0 Å². The van der Waals surface area contributed by atoms with E-state index in [2.05, 4.69) is 10.1 Å². The molecule has 5 heteroatoms. The minimum Gasteiger partial charge on any atom is -0.292 e. The highest BCUT2D eigenvalue weighted by Crippen LogP contribution is 2.20. The molecule has 1 rings (SSSR count). The predicted octanol–water partition coefficient (Wildman–Crippen LogP) is 1.05. The van der Waals surface area contributed by atoms with Crippen LogP contribution in [0.15, 0.2) is 0 Å². The van der Waals surface area contributed by atoms with Gasteiger partial charge in [-0.05, 0) is 13.0 Å². The summed E-state index contributed by atoms with van der Waals surface area (Å²) in [5, 5.41) is 2.52. The van der Waals surface area contributed by atoms with Crippen molar-refractivity contribution in [2.75, 3.05) is 6.54 Å². The van der Waals surface area contributed by atoms with Gasteiger partial charge in [0.2, 0.25) is 0 Å². The molecule has 0 aromatic carbocycles. The van der Waals surface area contributed by atoms with Crippen LogP contribution in [0.2, 0.25) is 0 Å². The van der Waals surface area contributed by atoms with Crippen molar-refractivity contribution in [2.24, 2.45) is 0 Å². The Morgan fingerprint density at radius 3 is 2.60 bits per heavy atom. The maximum Gasteiger partial charge on any atom is 0.524 e. The molecule has 2 nitrogen and oxygen atoms in total. The molecule has 0 aromatic heterocycles. The molecule has 10 heavy (non-hydrogen) atoms. The lowest BCUT2D eigenvalue weighted by atomic mass is 10.4. The first-order valence-corrected chi connectivity index (χ1v) is 2.89. The summed E-state index contributed by atoms with van der Waals surface area (Å²) in [7, 11) is 0. The van der Waals surface area contributed by atoms with Gasteiger partial charge in [-0.25, -0.2) is 0 Å². The maximum atomic E-state index is 11.4. The zero-order chi connectivity index (χ0) is 7.61. The van der Waals surface area contributed by atoms with E-state index in [1.807, 2.05) is 0 Å². The monoisotopic (exact) mass is 154 g/mol. The summed E-state index contributed by atoms with van der Waals surface area (Å²) >= 11 is 0. The number of rotatable bonds is 1. The van der Waals surface area contributed by atoms with Crippen LogP contribution in [0.25, 0.3) is 0 Å². The molecule has 1 aliphatic heterocycles. The molecule has 0 aliphatic carbocycles. The smallest absolute Gasteiger partial charge is 0.292 e. The van der Waals surface area contributed by atoms with Crippen molar-refractivity contribution in [3.05, 3.63) is 6.42 Å². The molecule has 0 spiro atoms. The second kappa shape index (κ2) is 2.75. The lowest BCUT2D eigenvalue weighted by Crippen LogP contribution is -2.31. The molecule has 1 heterocycles. The van der Waals surface area contributed by atoms with Crippen LogP contribution < -0.4 is 5.32 Å². The Morgan fingerprint density at radius 2 is 2.20 bits per heavy atom. The zero-order valence-corrected chi connectivity index (χ0v) is 5.11. The number of ether oxygens (including phenoxy) is 1. The van der Waals surface area contributed by atoms with Gasteiger partial charge in [-0.1, -0.05) is 0 Å². The molecule has 1 atom stereocenters. The molecule has 0 saturated carbocycles. The summed E-state index contributed by atoms with van der Waals surface area (Å²) in [5.74, 6) is 0. The molecular formula is C5H7F3NO. The van der Waals surface area contributed by atoms with Crippen molar-refractivity contribution in [2.45, 2.75) is 19.0 Å². The van der Waals surface area contributed by atoms with E-state index < -0.39 is 12.6 Å². The fourth-order valence-electron chi connectivity index (χ4n) is 0.777. The van der Waals surface area contributed by atoms with E-state index in [1.165, 1.54) is 6.42 Å². The summed E-state index contributed by atoms with van der Waals surface area (Å²) in [6.07, 6.45) is -3.40. The van der Waals surface area contributed by atoms with Gasteiger partial charge in [0.25, 0.3) is 0 Å². The largest absolute Gasteiger partial charge is 0.524 e. The number of halogens is 3. The van der Waals surface area contributed by atoms with Crippen LogP contribution in [0.1, 0.15) is 6.42 Å². The third-order valence-corrected chi connectivity index (χ3v) is 1.13. The van der Waals surface area contributed by atoms with E-state index in [1.54, 1.807) is 0 Å². The maximum absolute atomic E-state index is 11.4. The third-order valence-electron chi connectivity index (χ3n) is 1.13. The first-order valence-electron chi connectivity index (χ1n) is 2.89. The van der Waals surface area contributed by atoms with Crippen molar-refractivity contribution < 1.29 is 17.9 Å². The molecular weight excluding hydrogens is 147 g/mol. The van der Waals surface area contributed by atoms with Gasteiger partial charge in [0.05, 0.1) is 0 Å². The molecule has 0 amide bonds. The molecule has 1 fully saturated rings. The van der Waals surface area contributed by atoms with Crippen LogP contribution >= 0.6 is 0 Å². The standard InChI is InChI=1S/C5H7F3NO/c6-5(7,8)10-4-2-1-3-9-4/h2,4,9H,1,3H2. The Balaban J connectivity index is 2.24. The average Bonchev–Trinajstić information content (AvgIpc) is 2.12. The molecule has 1 unspecified atom stereocenters. The minimum absolute atomic E-state index is 0.556. The Bertz CT molecular complexity index is 108. The van der Waals surface area contributed by atoms with Crippen LogP contribution in [0.5, 0.6) is 0 Å². The first kappa shape index (κ1) is 7.81. The van der Waals surface area contributed by atoms with Crippen molar-refractivity contribution in [1.82, 2.24) is 5.32 Å². The van der Waals surface area contributed by atoms with Crippen LogP contribution in [0.3, 0.4) is 0 Å². The predicted molar refractivity (Wildman–Crippen MR) is 27.8 cm³/mol. The average molecular weight is 154 g/mol. The number of hydrogen-bond donors (Lipinski definition) is 1. The molecule has 59 valence electrons. The van der Waals surface area contributed by atoms with E-state index in [4.69, 9.17) is 0 Å². The van der Waals surface area contributed by atoms with Crippen molar-refractivity contribution in [1.29, 1.82) is 0 Å². The Labute approximate surface area is 56.4 Å². The van der Waals surface area contributed by atoms with Gasteiger partial charge in [-0.3, -0.25) is 10.1 Å². The number of nitrogens with one attached hydrogen (secondary N) is 1. The van der Waals surface area contributed by atoms with Gasteiger partial charge in [-0.15, -0.1) is 13.2 Å². The highest BCUT2D eigenvalue weighted by atomic mass is 19.4. The fourth-order valence-corrected chi connectivity index (χ4v) is 0.777. The lowest BCUT2D eigenvalue weighted by Gasteiger charge is -2.12. The molecule has 0 bridgehead atoms. The van der Waals surface area contributed by atoms with E-state index in [0.717, 1.165) is 0 Å². The van der Waals surface area contributed by atoms with Gasteiger partial charge in [-0.2, -0.15) is 0 Å². The van der Waals surface area contributed by atoms with E-state index in [0.29, 0.717) is 13.0 Å². The van der Waals surface area contributed by atoms with Crippen LogP contribution in [0, 0.1) is 6.42 Å². The van der Waals surface area contributed by atoms with E-state index in [-0.39, 0.29) is 0 Å². The lowest BCUT2D eigenvalue weighted by molar-refractivity contribution is -0.340. The summed E-state index contributed by atoms with van der Waals surface area (Å²) in [5.41, 5.74) is 0.